The third kappa shape index (κ3) is 5.36. The van der Waals surface area contributed by atoms with Crippen molar-refractivity contribution in [2.75, 3.05) is 34.9 Å². The molecule has 1 atom stereocenters. The van der Waals surface area contributed by atoms with Gasteiger partial charge in [0.15, 0.2) is 0 Å². The molecule has 0 bridgehead atoms. The number of methoxy groups -OCH3 is 2. The summed E-state index contributed by atoms with van der Waals surface area (Å²) in [6.07, 6.45) is 0.498. The lowest BCUT2D eigenvalue weighted by molar-refractivity contribution is -0.128. The summed E-state index contributed by atoms with van der Waals surface area (Å²) < 4.78 is 10.5. The lowest BCUT2D eigenvalue weighted by Crippen LogP contribution is -2.28. The van der Waals surface area contributed by atoms with Crippen LogP contribution in [0.4, 0.5) is 0 Å². The topological polar surface area (TPSA) is 50.8 Å². The quantitative estimate of drug-likeness (QED) is 0.796. The number of carbonyl (C=O) groups excluding carboxylic acids is 1. The molecule has 1 amide bonds. The molecule has 1 rings (SSSR count). The molecule has 0 fully saturated rings. The van der Waals surface area contributed by atoms with E-state index in [9.17, 15) is 4.79 Å². The number of ether oxygens (including phenoxy) is 2. The number of carbonyl (C=O) groups is 1. The van der Waals surface area contributed by atoms with E-state index in [1.54, 1.807) is 33.2 Å². The van der Waals surface area contributed by atoms with Crippen LogP contribution >= 0.6 is 0 Å². The minimum atomic E-state index is 0.129. The van der Waals surface area contributed by atoms with E-state index in [1.807, 2.05) is 12.1 Å². The number of hydrogen-bond donors (Lipinski definition) is 1. The molecule has 0 saturated carbocycles. The van der Waals surface area contributed by atoms with E-state index in [-0.39, 0.29) is 11.9 Å². The van der Waals surface area contributed by atoms with E-state index in [0.29, 0.717) is 19.6 Å². The largest absolute Gasteiger partial charge is 0.496 e. The summed E-state index contributed by atoms with van der Waals surface area (Å²) in [7, 11) is 6.86. The maximum absolute atomic E-state index is 11.5. The molecule has 5 nitrogen and oxygen atoms in total. The molecule has 0 aliphatic rings. The zero-order valence-electron chi connectivity index (χ0n) is 13.6. The summed E-state index contributed by atoms with van der Waals surface area (Å²) >= 11 is 0. The molecule has 1 aromatic rings. The van der Waals surface area contributed by atoms with E-state index < -0.39 is 0 Å². The highest BCUT2D eigenvalue weighted by atomic mass is 16.5. The van der Waals surface area contributed by atoms with Crippen molar-refractivity contribution in [1.82, 2.24) is 10.2 Å². The third-order valence-electron chi connectivity index (χ3n) is 3.39. The third-order valence-corrected chi connectivity index (χ3v) is 3.39. The molecule has 0 spiro atoms. The number of hydrogen-bond acceptors (Lipinski definition) is 4. The summed E-state index contributed by atoms with van der Waals surface area (Å²) in [4.78, 5) is 13.1. The highest BCUT2D eigenvalue weighted by Crippen LogP contribution is 2.24. The molecule has 0 radical (unpaired) electrons. The van der Waals surface area contributed by atoms with Gasteiger partial charge in [-0.1, -0.05) is 6.07 Å². The highest BCUT2D eigenvalue weighted by Gasteiger charge is 2.10. The summed E-state index contributed by atoms with van der Waals surface area (Å²) in [5.74, 6) is 0.958. The molecule has 1 unspecified atom stereocenters. The van der Waals surface area contributed by atoms with Crippen molar-refractivity contribution in [2.24, 2.45) is 0 Å². The van der Waals surface area contributed by atoms with Crippen molar-refractivity contribution in [1.29, 1.82) is 0 Å². The van der Waals surface area contributed by atoms with Gasteiger partial charge in [-0.2, -0.15) is 0 Å². The molecular weight excluding hydrogens is 268 g/mol. The second-order valence-corrected chi connectivity index (χ2v) is 5.22. The van der Waals surface area contributed by atoms with Gasteiger partial charge in [-0.15, -0.1) is 0 Å². The number of amides is 1. The van der Waals surface area contributed by atoms with E-state index >= 15 is 0 Å². The van der Waals surface area contributed by atoms with Crippen molar-refractivity contribution in [3.63, 3.8) is 0 Å². The smallest absolute Gasteiger partial charge is 0.223 e. The summed E-state index contributed by atoms with van der Waals surface area (Å²) in [6, 6.07) is 6.23. The Morgan fingerprint density at radius 1 is 1.33 bits per heavy atom. The fraction of sp³-hybridized carbons (Fsp3) is 0.562. The monoisotopic (exact) mass is 294 g/mol. The van der Waals surface area contributed by atoms with Gasteiger partial charge >= 0.3 is 0 Å². The molecule has 0 aliphatic heterocycles. The first-order chi connectivity index (χ1) is 9.99. The number of nitrogens with one attached hydrogen (secondary N) is 1. The summed E-state index contributed by atoms with van der Waals surface area (Å²) in [6.45, 7) is 3.26. The highest BCUT2D eigenvalue weighted by molar-refractivity contribution is 5.75. The van der Waals surface area contributed by atoms with Crippen LogP contribution in [0.2, 0.25) is 0 Å². The fourth-order valence-corrected chi connectivity index (χ4v) is 2.07. The van der Waals surface area contributed by atoms with E-state index in [1.165, 1.54) is 0 Å². The Morgan fingerprint density at radius 2 is 2.05 bits per heavy atom. The van der Waals surface area contributed by atoms with Crippen LogP contribution in [0.5, 0.6) is 5.75 Å². The Bertz CT molecular complexity index is 461. The maximum Gasteiger partial charge on any atom is 0.223 e. The van der Waals surface area contributed by atoms with Crippen LogP contribution in [0.15, 0.2) is 18.2 Å². The van der Waals surface area contributed by atoms with Crippen molar-refractivity contribution >= 4 is 5.91 Å². The predicted octanol–water partition coefficient (Wildman–Crippen LogP) is 1.97. The van der Waals surface area contributed by atoms with Crippen molar-refractivity contribution < 1.29 is 14.3 Å². The standard InChI is InChI=1S/C16H26N2O3/c1-12(17-9-8-16(19)18(2)3)13-6-7-15(21-5)14(10-13)11-20-4/h6-7,10,12,17H,8-9,11H2,1-5H3. The molecule has 1 N–H and O–H groups in total. The first-order valence-corrected chi connectivity index (χ1v) is 7.08. The van der Waals surface area contributed by atoms with Gasteiger partial charge in [-0.05, 0) is 24.6 Å². The number of benzene rings is 1. The number of nitrogens with zero attached hydrogens (tertiary/aromatic N) is 1. The molecular formula is C16H26N2O3. The lowest BCUT2D eigenvalue weighted by Gasteiger charge is -2.17. The van der Waals surface area contributed by atoms with Gasteiger partial charge in [0.05, 0.1) is 13.7 Å². The van der Waals surface area contributed by atoms with Crippen LogP contribution in [0.1, 0.15) is 30.5 Å². The molecule has 0 aromatic heterocycles. The fourth-order valence-electron chi connectivity index (χ4n) is 2.07. The van der Waals surface area contributed by atoms with E-state index in [4.69, 9.17) is 9.47 Å². The Kier molecular flexibility index (Phi) is 7.19. The SMILES string of the molecule is COCc1cc(C(C)NCCC(=O)N(C)C)ccc1OC. The Balaban J connectivity index is 2.63. The average Bonchev–Trinajstić information content (AvgIpc) is 2.47. The molecule has 0 aliphatic carbocycles. The Hall–Kier alpha value is -1.59. The van der Waals surface area contributed by atoms with Gasteiger partial charge in [0, 0.05) is 45.8 Å². The van der Waals surface area contributed by atoms with Crippen molar-refractivity contribution in [2.45, 2.75) is 26.0 Å². The molecule has 21 heavy (non-hydrogen) atoms. The zero-order chi connectivity index (χ0) is 15.8. The van der Waals surface area contributed by atoms with Crippen LogP contribution in [0, 0.1) is 0 Å². The maximum atomic E-state index is 11.5. The van der Waals surface area contributed by atoms with Gasteiger partial charge < -0.3 is 19.7 Å². The second-order valence-electron chi connectivity index (χ2n) is 5.22. The van der Waals surface area contributed by atoms with Crippen LogP contribution < -0.4 is 10.1 Å². The second kappa shape index (κ2) is 8.64. The van der Waals surface area contributed by atoms with Gasteiger partial charge in [-0.3, -0.25) is 4.79 Å². The molecule has 1 aromatic carbocycles. The van der Waals surface area contributed by atoms with Gasteiger partial charge in [0.1, 0.15) is 5.75 Å². The zero-order valence-corrected chi connectivity index (χ0v) is 13.6. The minimum absolute atomic E-state index is 0.129. The first-order valence-electron chi connectivity index (χ1n) is 7.08. The molecule has 0 heterocycles. The lowest BCUT2D eigenvalue weighted by atomic mass is 10.0. The predicted molar refractivity (Wildman–Crippen MR) is 83.4 cm³/mol. The first kappa shape index (κ1) is 17.5. The van der Waals surface area contributed by atoms with Gasteiger partial charge in [0.2, 0.25) is 5.91 Å². The van der Waals surface area contributed by atoms with Gasteiger partial charge in [0.25, 0.3) is 0 Å². The Morgan fingerprint density at radius 3 is 2.62 bits per heavy atom. The summed E-state index contributed by atoms with van der Waals surface area (Å²) in [5, 5.41) is 3.36. The average molecular weight is 294 g/mol. The van der Waals surface area contributed by atoms with Crippen molar-refractivity contribution in [3.05, 3.63) is 29.3 Å². The molecule has 0 saturated heterocycles. The van der Waals surface area contributed by atoms with Crippen LogP contribution in [0.3, 0.4) is 0 Å². The summed E-state index contributed by atoms with van der Waals surface area (Å²) in [5.41, 5.74) is 2.18. The van der Waals surface area contributed by atoms with Crippen LogP contribution in [-0.4, -0.2) is 45.7 Å². The van der Waals surface area contributed by atoms with Gasteiger partial charge in [-0.25, -0.2) is 0 Å². The minimum Gasteiger partial charge on any atom is -0.496 e. The van der Waals surface area contributed by atoms with Crippen LogP contribution in [0.25, 0.3) is 0 Å². The molecule has 118 valence electrons. The Labute approximate surface area is 127 Å². The van der Waals surface area contributed by atoms with E-state index in [0.717, 1.165) is 16.9 Å². The normalized spacial score (nSPS) is 12.0. The van der Waals surface area contributed by atoms with E-state index in [2.05, 4.69) is 18.3 Å². The molecule has 5 heteroatoms. The van der Waals surface area contributed by atoms with Crippen LogP contribution in [-0.2, 0) is 16.1 Å². The van der Waals surface area contributed by atoms with Crippen molar-refractivity contribution in [3.8, 4) is 5.75 Å². The number of rotatable bonds is 8.